The van der Waals surface area contributed by atoms with Gasteiger partial charge in [-0.05, 0) is 0 Å². The van der Waals surface area contributed by atoms with Gasteiger partial charge in [0.1, 0.15) is 5.82 Å². The van der Waals surface area contributed by atoms with Gasteiger partial charge in [0.25, 0.3) is 0 Å². The van der Waals surface area contributed by atoms with E-state index in [0.29, 0.717) is 11.2 Å². The fraction of sp³-hybridized carbons (Fsp3) is 0.250. The van der Waals surface area contributed by atoms with Crippen molar-refractivity contribution in [3.63, 3.8) is 0 Å². The number of nitrogens with one attached hydrogen (secondary N) is 1. The molecule has 0 fully saturated rings. The molecule has 0 saturated heterocycles. The lowest BCUT2D eigenvalue weighted by atomic mass is 10.4. The first-order chi connectivity index (χ1) is 5.86. The van der Waals surface area contributed by atoms with Crippen LogP contribution in [0.25, 0.3) is 11.2 Å². The molecule has 1 N–H and O–H groups in total. The van der Waals surface area contributed by atoms with Crippen molar-refractivity contribution in [1.82, 2.24) is 15.0 Å². The summed E-state index contributed by atoms with van der Waals surface area (Å²) >= 11 is 0. The first kappa shape index (κ1) is 8.64. The highest BCUT2D eigenvalue weighted by Gasteiger charge is 1.96. The maximum Gasteiger partial charge on any atom is 0.177 e. The Labute approximate surface area is 69.7 Å². The minimum absolute atomic E-state index is 0.350. The van der Waals surface area contributed by atoms with Crippen LogP contribution in [-0.4, -0.2) is 15.0 Å². The number of halogens is 1. The number of pyridine rings is 1. The third-order valence-corrected chi connectivity index (χ3v) is 1.24. The largest absolute Gasteiger partial charge is 0.343 e. The first-order valence-corrected chi connectivity index (χ1v) is 3.81. The average Bonchev–Trinajstić information content (AvgIpc) is 2.54. The lowest BCUT2D eigenvalue weighted by molar-refractivity contribution is 0.624. The van der Waals surface area contributed by atoms with Gasteiger partial charge in [0.15, 0.2) is 5.65 Å². The van der Waals surface area contributed by atoms with Gasteiger partial charge in [0, 0.05) is 6.07 Å². The van der Waals surface area contributed by atoms with Gasteiger partial charge < -0.3 is 4.98 Å². The van der Waals surface area contributed by atoms with E-state index in [2.05, 4.69) is 15.0 Å². The summed E-state index contributed by atoms with van der Waals surface area (Å²) in [5.41, 5.74) is 1.17. The van der Waals surface area contributed by atoms with Crippen LogP contribution in [0.1, 0.15) is 13.8 Å². The molecule has 64 valence electrons. The normalized spacial score (nSPS) is 9.25. The van der Waals surface area contributed by atoms with Crippen molar-refractivity contribution in [2.45, 2.75) is 13.8 Å². The molecule has 4 heteroatoms. The molecule has 0 unspecified atom stereocenters. The Balaban J connectivity index is 0.000000336. The van der Waals surface area contributed by atoms with E-state index in [0.717, 1.165) is 6.20 Å². The van der Waals surface area contributed by atoms with E-state index >= 15 is 0 Å². The Morgan fingerprint density at radius 3 is 2.83 bits per heavy atom. The van der Waals surface area contributed by atoms with Gasteiger partial charge in [0.2, 0.25) is 0 Å². The lowest BCUT2D eigenvalue weighted by Gasteiger charge is -1.85. The van der Waals surface area contributed by atoms with Crippen LogP contribution in [0.4, 0.5) is 4.39 Å². The molecule has 0 spiro atoms. The van der Waals surface area contributed by atoms with Crippen LogP contribution in [0.3, 0.4) is 0 Å². The molecule has 0 amide bonds. The van der Waals surface area contributed by atoms with Crippen molar-refractivity contribution in [3.05, 3.63) is 24.4 Å². The summed E-state index contributed by atoms with van der Waals surface area (Å²) in [4.78, 5) is 10.3. The van der Waals surface area contributed by atoms with Crippen LogP contribution in [0, 0.1) is 5.82 Å². The molecule has 2 heterocycles. The maximum absolute atomic E-state index is 12.4. The van der Waals surface area contributed by atoms with E-state index in [1.165, 1.54) is 12.4 Å². The van der Waals surface area contributed by atoms with Crippen LogP contribution < -0.4 is 0 Å². The highest BCUT2D eigenvalue weighted by molar-refractivity contribution is 5.68. The number of aromatic amines is 1. The van der Waals surface area contributed by atoms with Crippen molar-refractivity contribution in [3.8, 4) is 0 Å². The number of rotatable bonds is 0. The fourth-order valence-electron chi connectivity index (χ4n) is 0.804. The van der Waals surface area contributed by atoms with Gasteiger partial charge >= 0.3 is 0 Å². The number of H-pyrrole nitrogens is 1. The molecule has 0 aromatic carbocycles. The smallest absolute Gasteiger partial charge is 0.177 e. The summed E-state index contributed by atoms with van der Waals surface area (Å²) in [6.45, 7) is 4.00. The van der Waals surface area contributed by atoms with Crippen LogP contribution in [0.5, 0.6) is 0 Å². The lowest BCUT2D eigenvalue weighted by Crippen LogP contribution is -1.78. The summed E-state index contributed by atoms with van der Waals surface area (Å²) in [6, 6.07) is 1.36. The summed E-state index contributed by atoms with van der Waals surface area (Å²) < 4.78 is 12.4. The zero-order valence-corrected chi connectivity index (χ0v) is 7.00. The van der Waals surface area contributed by atoms with Crippen LogP contribution in [0.15, 0.2) is 18.6 Å². The number of fused-ring (bicyclic) bond motifs is 1. The molecule has 3 nitrogen and oxygen atoms in total. The van der Waals surface area contributed by atoms with Gasteiger partial charge in [-0.2, -0.15) is 0 Å². The third-order valence-electron chi connectivity index (χ3n) is 1.24. The summed E-state index contributed by atoms with van der Waals surface area (Å²) in [7, 11) is 0. The fourth-order valence-corrected chi connectivity index (χ4v) is 0.804. The number of hydrogen-bond donors (Lipinski definition) is 1. The molecule has 0 atom stereocenters. The van der Waals surface area contributed by atoms with Gasteiger partial charge in [-0.25, -0.2) is 14.4 Å². The number of hydrogen-bond acceptors (Lipinski definition) is 2. The van der Waals surface area contributed by atoms with E-state index in [1.807, 2.05) is 13.8 Å². The summed E-state index contributed by atoms with van der Waals surface area (Å²) in [5.74, 6) is -0.350. The molecular formula is C8H10FN3. The summed E-state index contributed by atoms with van der Waals surface area (Å²) in [5, 5.41) is 0. The topological polar surface area (TPSA) is 41.6 Å². The SMILES string of the molecule is CC.Fc1cnc2nc[nH]c2c1. The maximum atomic E-state index is 12.4. The molecule has 2 aromatic rings. The highest BCUT2D eigenvalue weighted by Crippen LogP contribution is 2.05. The Kier molecular flexibility index (Phi) is 2.74. The molecule has 0 bridgehead atoms. The Morgan fingerprint density at radius 2 is 2.08 bits per heavy atom. The van der Waals surface area contributed by atoms with E-state index < -0.39 is 0 Å². The van der Waals surface area contributed by atoms with Crippen molar-refractivity contribution in [2.75, 3.05) is 0 Å². The van der Waals surface area contributed by atoms with E-state index in [-0.39, 0.29) is 5.82 Å². The van der Waals surface area contributed by atoms with Gasteiger partial charge in [-0.1, -0.05) is 13.8 Å². The van der Waals surface area contributed by atoms with Crippen molar-refractivity contribution >= 4 is 11.2 Å². The molecule has 0 radical (unpaired) electrons. The predicted octanol–water partition coefficient (Wildman–Crippen LogP) is 2.12. The quantitative estimate of drug-likeness (QED) is 0.653. The molecule has 0 aliphatic carbocycles. The second-order valence-electron chi connectivity index (χ2n) is 1.93. The van der Waals surface area contributed by atoms with Crippen LogP contribution in [-0.2, 0) is 0 Å². The third kappa shape index (κ3) is 1.58. The second kappa shape index (κ2) is 3.80. The Bertz CT molecular complexity index is 356. The number of aromatic nitrogens is 3. The standard InChI is InChI=1S/C6H4FN3.C2H6/c7-4-1-5-6(8-2-4)10-3-9-5;1-2/h1-3H,(H,8,9,10);1-2H3. The number of imidazole rings is 1. The minimum atomic E-state index is -0.350. The van der Waals surface area contributed by atoms with Gasteiger partial charge in [-0.15, -0.1) is 0 Å². The highest BCUT2D eigenvalue weighted by atomic mass is 19.1. The molecule has 2 aromatic heterocycles. The van der Waals surface area contributed by atoms with E-state index in [1.54, 1.807) is 0 Å². The van der Waals surface area contributed by atoms with Crippen molar-refractivity contribution in [2.24, 2.45) is 0 Å². The molecule has 0 aliphatic heterocycles. The molecule has 0 aliphatic rings. The van der Waals surface area contributed by atoms with Gasteiger partial charge in [-0.3, -0.25) is 0 Å². The monoisotopic (exact) mass is 167 g/mol. The Hall–Kier alpha value is -1.45. The Morgan fingerprint density at radius 1 is 1.33 bits per heavy atom. The summed E-state index contributed by atoms with van der Waals surface area (Å²) in [6.07, 6.45) is 2.63. The van der Waals surface area contributed by atoms with Crippen LogP contribution >= 0.6 is 0 Å². The van der Waals surface area contributed by atoms with Crippen molar-refractivity contribution < 1.29 is 4.39 Å². The average molecular weight is 167 g/mol. The van der Waals surface area contributed by atoms with Gasteiger partial charge in [0.05, 0.1) is 18.0 Å². The molecule has 12 heavy (non-hydrogen) atoms. The molecular weight excluding hydrogens is 157 g/mol. The number of nitrogens with zero attached hydrogens (tertiary/aromatic N) is 2. The van der Waals surface area contributed by atoms with E-state index in [4.69, 9.17) is 0 Å². The molecule has 0 saturated carbocycles. The van der Waals surface area contributed by atoms with E-state index in [9.17, 15) is 4.39 Å². The minimum Gasteiger partial charge on any atom is -0.343 e. The van der Waals surface area contributed by atoms with Crippen LogP contribution in [0.2, 0.25) is 0 Å². The molecule has 2 rings (SSSR count). The second-order valence-corrected chi connectivity index (χ2v) is 1.93. The zero-order chi connectivity index (χ0) is 8.97. The zero-order valence-electron chi connectivity index (χ0n) is 7.00. The first-order valence-electron chi connectivity index (χ1n) is 3.81. The van der Waals surface area contributed by atoms with Crippen molar-refractivity contribution in [1.29, 1.82) is 0 Å². The predicted molar refractivity (Wildman–Crippen MR) is 45.2 cm³/mol.